The Balaban J connectivity index is 2.42. The third-order valence-corrected chi connectivity index (χ3v) is 3.66. The van der Waals surface area contributed by atoms with E-state index < -0.39 is 0 Å². The summed E-state index contributed by atoms with van der Waals surface area (Å²) in [5.41, 5.74) is 6.26. The number of halogens is 3. The summed E-state index contributed by atoms with van der Waals surface area (Å²) in [6, 6.07) is 9.51. The van der Waals surface area contributed by atoms with Crippen molar-refractivity contribution in [1.82, 2.24) is 0 Å². The third-order valence-electron chi connectivity index (χ3n) is 2.32. The van der Waals surface area contributed by atoms with Crippen LogP contribution in [0.4, 0.5) is 4.39 Å². The molecular weight excluding hydrogens is 397 g/mol. The maximum absolute atomic E-state index is 13.0. The van der Waals surface area contributed by atoms with Crippen LogP contribution < -0.4 is 10.5 Å². The topological polar surface area (TPSA) is 35.2 Å². The minimum absolute atomic E-state index is 0.237. The van der Waals surface area contributed by atoms with E-state index in [1.54, 1.807) is 12.1 Å². The summed E-state index contributed by atoms with van der Waals surface area (Å²) in [5.74, 6) is 0.647. The fourth-order valence-electron chi connectivity index (χ4n) is 1.46. The van der Waals surface area contributed by atoms with Gasteiger partial charge in [0.1, 0.15) is 22.3 Å². The van der Waals surface area contributed by atoms with E-state index in [-0.39, 0.29) is 10.8 Å². The Labute approximate surface area is 132 Å². The van der Waals surface area contributed by atoms with Crippen LogP contribution in [0.1, 0.15) is 5.56 Å². The van der Waals surface area contributed by atoms with Crippen LogP contribution in [0.5, 0.6) is 11.5 Å². The van der Waals surface area contributed by atoms with E-state index in [2.05, 4.69) is 31.9 Å². The van der Waals surface area contributed by atoms with Crippen LogP contribution in [0, 0.1) is 5.82 Å². The second kappa shape index (κ2) is 5.98. The van der Waals surface area contributed by atoms with E-state index in [1.807, 2.05) is 6.07 Å². The summed E-state index contributed by atoms with van der Waals surface area (Å²) in [4.78, 5) is 0.237. The van der Waals surface area contributed by atoms with Crippen LogP contribution in [-0.4, -0.2) is 4.99 Å². The largest absolute Gasteiger partial charge is 0.455 e. The molecule has 0 atom stereocenters. The molecule has 2 aromatic carbocycles. The van der Waals surface area contributed by atoms with Gasteiger partial charge in [-0.15, -0.1) is 0 Å². The van der Waals surface area contributed by atoms with E-state index in [0.29, 0.717) is 21.5 Å². The van der Waals surface area contributed by atoms with Crippen LogP contribution in [-0.2, 0) is 0 Å². The maximum Gasteiger partial charge on any atom is 0.141 e. The number of rotatable bonds is 3. The highest BCUT2D eigenvalue weighted by Gasteiger charge is 2.10. The summed E-state index contributed by atoms with van der Waals surface area (Å²) in [6.45, 7) is 0. The smallest absolute Gasteiger partial charge is 0.141 e. The van der Waals surface area contributed by atoms with Gasteiger partial charge in [0.15, 0.2) is 0 Å². The minimum Gasteiger partial charge on any atom is -0.455 e. The maximum atomic E-state index is 13.0. The molecule has 2 N–H and O–H groups in total. The molecule has 0 aliphatic carbocycles. The van der Waals surface area contributed by atoms with Gasteiger partial charge in [-0.25, -0.2) is 4.39 Å². The molecule has 0 saturated heterocycles. The van der Waals surface area contributed by atoms with Gasteiger partial charge in [0.25, 0.3) is 0 Å². The number of hydrogen-bond donors (Lipinski definition) is 1. The molecule has 2 aromatic rings. The highest BCUT2D eigenvalue weighted by atomic mass is 79.9. The van der Waals surface area contributed by atoms with Gasteiger partial charge in [0.2, 0.25) is 0 Å². The van der Waals surface area contributed by atoms with Gasteiger partial charge in [-0.2, -0.15) is 0 Å². The van der Waals surface area contributed by atoms with E-state index in [0.717, 1.165) is 4.47 Å². The molecule has 0 radical (unpaired) electrons. The van der Waals surface area contributed by atoms with Gasteiger partial charge in [-0.1, -0.05) is 28.1 Å². The summed E-state index contributed by atoms with van der Waals surface area (Å²) in [7, 11) is 0. The van der Waals surface area contributed by atoms with Gasteiger partial charge >= 0.3 is 0 Å². The first-order valence-corrected chi connectivity index (χ1v) is 7.19. The van der Waals surface area contributed by atoms with Crippen molar-refractivity contribution in [3.8, 4) is 11.5 Å². The molecule has 0 amide bonds. The molecule has 0 fully saturated rings. The van der Waals surface area contributed by atoms with Crippen molar-refractivity contribution in [2.24, 2.45) is 5.73 Å². The molecule has 0 bridgehead atoms. The van der Waals surface area contributed by atoms with Crippen LogP contribution >= 0.6 is 44.1 Å². The van der Waals surface area contributed by atoms with Crippen molar-refractivity contribution in [2.45, 2.75) is 0 Å². The average molecular weight is 405 g/mol. The fraction of sp³-hybridized carbons (Fsp3) is 0. The number of thiocarbonyl (C=S) groups is 1. The van der Waals surface area contributed by atoms with E-state index in [1.165, 1.54) is 18.2 Å². The lowest BCUT2D eigenvalue weighted by Crippen LogP contribution is -2.10. The van der Waals surface area contributed by atoms with E-state index in [9.17, 15) is 4.39 Å². The lowest BCUT2D eigenvalue weighted by atomic mass is 10.2. The van der Waals surface area contributed by atoms with Crippen LogP contribution in [0.25, 0.3) is 0 Å². The molecule has 98 valence electrons. The molecule has 2 nitrogen and oxygen atoms in total. The molecule has 19 heavy (non-hydrogen) atoms. The zero-order valence-corrected chi connectivity index (χ0v) is 13.5. The predicted octanol–water partition coefficient (Wildman–Crippen LogP) is 4.78. The molecule has 0 unspecified atom stereocenters. The summed E-state index contributed by atoms with van der Waals surface area (Å²) < 4.78 is 20.1. The number of nitrogens with two attached hydrogens (primary N) is 1. The van der Waals surface area contributed by atoms with Gasteiger partial charge < -0.3 is 10.5 Å². The van der Waals surface area contributed by atoms with E-state index in [4.69, 9.17) is 22.7 Å². The van der Waals surface area contributed by atoms with Crippen molar-refractivity contribution in [3.05, 3.63) is 56.7 Å². The molecule has 0 aliphatic heterocycles. The Hall–Kier alpha value is -0.980. The predicted molar refractivity (Wildman–Crippen MR) is 84.2 cm³/mol. The van der Waals surface area contributed by atoms with Crippen LogP contribution in [0.2, 0.25) is 0 Å². The molecule has 6 heteroatoms. The summed E-state index contributed by atoms with van der Waals surface area (Å²) in [6.07, 6.45) is 0. The Kier molecular flexibility index (Phi) is 4.54. The first-order valence-electron chi connectivity index (χ1n) is 5.19. The lowest BCUT2D eigenvalue weighted by molar-refractivity contribution is 0.476. The number of hydrogen-bond acceptors (Lipinski definition) is 2. The van der Waals surface area contributed by atoms with Crippen LogP contribution in [0.15, 0.2) is 45.3 Å². The Morgan fingerprint density at radius 3 is 2.47 bits per heavy atom. The Morgan fingerprint density at radius 1 is 1.11 bits per heavy atom. The SMILES string of the molecule is NC(=S)c1ccc(Br)cc1Oc1ccc(F)cc1Br. The highest BCUT2D eigenvalue weighted by Crippen LogP contribution is 2.33. The fourth-order valence-corrected chi connectivity index (χ4v) is 2.40. The van der Waals surface area contributed by atoms with Gasteiger partial charge in [-0.05, 0) is 52.3 Å². The normalized spacial score (nSPS) is 10.3. The molecule has 0 aliphatic rings. The second-order valence-corrected chi connectivity index (χ2v) is 5.89. The standard InChI is InChI=1S/C13H8Br2FNOS/c14-7-1-3-9(13(17)19)12(5-7)18-11-4-2-8(16)6-10(11)15/h1-6H,(H2,17,19). The number of ether oxygens (including phenoxy) is 1. The van der Waals surface area contributed by atoms with Gasteiger partial charge in [-0.3, -0.25) is 0 Å². The second-order valence-electron chi connectivity index (χ2n) is 3.68. The molecular formula is C13H8Br2FNOS. The Morgan fingerprint density at radius 2 is 1.84 bits per heavy atom. The van der Waals surface area contributed by atoms with Crippen molar-refractivity contribution >= 4 is 49.1 Å². The van der Waals surface area contributed by atoms with Crippen LogP contribution in [0.3, 0.4) is 0 Å². The summed E-state index contributed by atoms with van der Waals surface area (Å²) in [5, 5.41) is 0. The zero-order valence-electron chi connectivity index (χ0n) is 9.49. The third kappa shape index (κ3) is 3.52. The van der Waals surface area contributed by atoms with Crippen molar-refractivity contribution in [3.63, 3.8) is 0 Å². The Bertz CT molecular complexity index is 649. The first-order chi connectivity index (χ1) is 8.97. The minimum atomic E-state index is -0.344. The highest BCUT2D eigenvalue weighted by molar-refractivity contribution is 9.10. The summed E-state index contributed by atoms with van der Waals surface area (Å²) >= 11 is 11.6. The monoisotopic (exact) mass is 403 g/mol. The number of benzene rings is 2. The average Bonchev–Trinajstić information content (AvgIpc) is 2.32. The van der Waals surface area contributed by atoms with Crippen molar-refractivity contribution in [2.75, 3.05) is 0 Å². The molecule has 0 spiro atoms. The van der Waals surface area contributed by atoms with Gasteiger partial charge in [0.05, 0.1) is 10.0 Å². The van der Waals surface area contributed by atoms with Crippen molar-refractivity contribution < 1.29 is 9.13 Å². The molecule has 0 saturated carbocycles. The zero-order chi connectivity index (χ0) is 14.0. The van der Waals surface area contributed by atoms with Crippen molar-refractivity contribution in [1.29, 1.82) is 0 Å². The van der Waals surface area contributed by atoms with E-state index >= 15 is 0 Å². The molecule has 2 rings (SSSR count). The quantitative estimate of drug-likeness (QED) is 0.747. The lowest BCUT2D eigenvalue weighted by Gasteiger charge is -2.12. The molecule has 0 aromatic heterocycles. The first kappa shape index (κ1) is 14.4. The molecule has 0 heterocycles. The van der Waals surface area contributed by atoms with Gasteiger partial charge in [0, 0.05) is 4.47 Å².